The molecule has 0 aliphatic rings. The van der Waals surface area contributed by atoms with Crippen LogP contribution in [0.5, 0.6) is 0 Å². The molecule has 2 aromatic heterocycles. The minimum absolute atomic E-state index is 0.0775. The first kappa shape index (κ1) is 12.5. The van der Waals surface area contributed by atoms with Gasteiger partial charge in [0, 0.05) is 13.2 Å². The fraction of sp³-hybridized carbons (Fsp3) is 0.417. The number of carbonyl (C=O) groups is 1. The second kappa shape index (κ2) is 5.14. The number of Topliss-reactive ketones (excluding diaryl/α,β-unsaturated/α-hetero) is 1. The quantitative estimate of drug-likeness (QED) is 0.617. The number of hydrogen-bond donors (Lipinski definition) is 2. The van der Waals surface area contributed by atoms with Gasteiger partial charge in [-0.25, -0.2) is 9.97 Å². The number of aryl methyl sites for hydroxylation is 1. The topological polar surface area (TPSA) is 88.2 Å². The van der Waals surface area contributed by atoms with Crippen molar-refractivity contribution < 1.29 is 14.3 Å². The predicted molar refractivity (Wildman–Crippen MR) is 66.7 cm³/mol. The van der Waals surface area contributed by atoms with Crippen LogP contribution in [0.25, 0.3) is 11.1 Å². The van der Waals surface area contributed by atoms with Crippen molar-refractivity contribution in [3.8, 4) is 0 Å². The zero-order chi connectivity index (χ0) is 13.1. The maximum absolute atomic E-state index is 11.6. The second-order valence-electron chi connectivity index (χ2n) is 4.00. The van der Waals surface area contributed by atoms with Crippen LogP contribution in [0.4, 0.5) is 5.82 Å². The summed E-state index contributed by atoms with van der Waals surface area (Å²) in [6, 6.07) is 0. The standard InChI is InChI=1S/C12H15N3O3/c1-7(17)9-8(2)18-12-10(9)11(14-6-15-12)13-4-3-5-16/h6,16H,3-5H2,1-2H3,(H,13,14,15). The van der Waals surface area contributed by atoms with Crippen LogP contribution in [-0.4, -0.2) is 34.0 Å². The maximum atomic E-state index is 11.6. The molecule has 2 N–H and O–H groups in total. The van der Waals surface area contributed by atoms with E-state index in [0.29, 0.717) is 41.2 Å². The lowest BCUT2D eigenvalue weighted by atomic mass is 10.1. The number of rotatable bonds is 5. The zero-order valence-electron chi connectivity index (χ0n) is 10.4. The Bertz CT molecular complexity index is 577. The van der Waals surface area contributed by atoms with Crippen molar-refractivity contribution in [3.05, 3.63) is 17.7 Å². The van der Waals surface area contributed by atoms with Gasteiger partial charge in [-0.3, -0.25) is 4.79 Å². The van der Waals surface area contributed by atoms with E-state index in [2.05, 4.69) is 15.3 Å². The molecule has 0 saturated heterocycles. The summed E-state index contributed by atoms with van der Waals surface area (Å²) in [4.78, 5) is 19.8. The Balaban J connectivity index is 2.49. The number of furan rings is 1. The summed E-state index contributed by atoms with van der Waals surface area (Å²) < 4.78 is 5.45. The van der Waals surface area contributed by atoms with Crippen molar-refractivity contribution in [2.24, 2.45) is 0 Å². The monoisotopic (exact) mass is 249 g/mol. The Morgan fingerprint density at radius 3 is 2.94 bits per heavy atom. The molecule has 0 aromatic carbocycles. The van der Waals surface area contributed by atoms with Crippen molar-refractivity contribution in [2.75, 3.05) is 18.5 Å². The third-order valence-electron chi connectivity index (χ3n) is 2.64. The van der Waals surface area contributed by atoms with Crippen LogP contribution < -0.4 is 5.32 Å². The molecule has 0 atom stereocenters. The number of ketones is 1. The summed E-state index contributed by atoms with van der Waals surface area (Å²) in [7, 11) is 0. The number of hydrogen-bond acceptors (Lipinski definition) is 6. The molecular weight excluding hydrogens is 234 g/mol. The molecule has 0 fully saturated rings. The summed E-state index contributed by atoms with van der Waals surface area (Å²) >= 11 is 0. The summed E-state index contributed by atoms with van der Waals surface area (Å²) in [5.41, 5.74) is 0.913. The molecule has 0 aliphatic carbocycles. The van der Waals surface area contributed by atoms with E-state index < -0.39 is 0 Å². The van der Waals surface area contributed by atoms with E-state index in [-0.39, 0.29) is 12.4 Å². The molecule has 2 rings (SSSR count). The van der Waals surface area contributed by atoms with E-state index in [1.807, 2.05) is 0 Å². The van der Waals surface area contributed by atoms with Crippen LogP contribution in [0, 0.1) is 6.92 Å². The highest BCUT2D eigenvalue weighted by Gasteiger charge is 2.19. The molecule has 0 spiro atoms. The average molecular weight is 249 g/mol. The molecule has 2 heterocycles. The molecule has 0 amide bonds. The molecule has 0 aliphatic heterocycles. The van der Waals surface area contributed by atoms with Gasteiger partial charge in [-0.05, 0) is 20.3 Å². The molecule has 0 unspecified atom stereocenters. The largest absolute Gasteiger partial charge is 0.442 e. The van der Waals surface area contributed by atoms with Crippen LogP contribution in [0.15, 0.2) is 10.7 Å². The molecule has 6 nitrogen and oxygen atoms in total. The summed E-state index contributed by atoms with van der Waals surface area (Å²) in [5, 5.41) is 12.4. The molecule has 96 valence electrons. The Labute approximate surface area is 104 Å². The Hall–Kier alpha value is -1.95. The van der Waals surface area contributed by atoms with Crippen LogP contribution in [0.2, 0.25) is 0 Å². The minimum atomic E-state index is -0.0775. The van der Waals surface area contributed by atoms with Crippen molar-refractivity contribution in [1.29, 1.82) is 0 Å². The molecule has 18 heavy (non-hydrogen) atoms. The van der Waals surface area contributed by atoms with E-state index in [4.69, 9.17) is 9.52 Å². The number of nitrogens with one attached hydrogen (secondary N) is 1. The van der Waals surface area contributed by atoms with Gasteiger partial charge < -0.3 is 14.8 Å². The highest BCUT2D eigenvalue weighted by Crippen LogP contribution is 2.29. The van der Waals surface area contributed by atoms with E-state index >= 15 is 0 Å². The molecule has 0 bridgehead atoms. The van der Waals surface area contributed by atoms with E-state index in [1.54, 1.807) is 6.92 Å². The Morgan fingerprint density at radius 2 is 2.28 bits per heavy atom. The van der Waals surface area contributed by atoms with Gasteiger partial charge in [0.25, 0.3) is 0 Å². The lowest BCUT2D eigenvalue weighted by Crippen LogP contribution is -2.06. The van der Waals surface area contributed by atoms with Gasteiger partial charge in [-0.1, -0.05) is 0 Å². The first-order valence-corrected chi connectivity index (χ1v) is 5.75. The van der Waals surface area contributed by atoms with Crippen molar-refractivity contribution in [2.45, 2.75) is 20.3 Å². The third-order valence-corrected chi connectivity index (χ3v) is 2.64. The lowest BCUT2D eigenvalue weighted by Gasteiger charge is -2.05. The summed E-state index contributed by atoms with van der Waals surface area (Å²) in [5.74, 6) is 1.03. The summed E-state index contributed by atoms with van der Waals surface area (Å²) in [6.07, 6.45) is 1.99. The van der Waals surface area contributed by atoms with Gasteiger partial charge in [-0.15, -0.1) is 0 Å². The van der Waals surface area contributed by atoms with E-state index in [1.165, 1.54) is 13.3 Å². The SMILES string of the molecule is CC(=O)c1c(C)oc2ncnc(NCCCO)c12. The van der Waals surface area contributed by atoms with Crippen molar-refractivity contribution in [3.63, 3.8) is 0 Å². The number of aliphatic hydroxyl groups excluding tert-OH is 1. The van der Waals surface area contributed by atoms with E-state index in [9.17, 15) is 4.79 Å². The Kier molecular flexibility index (Phi) is 3.57. The van der Waals surface area contributed by atoms with Gasteiger partial charge in [0.15, 0.2) is 5.78 Å². The van der Waals surface area contributed by atoms with Crippen molar-refractivity contribution in [1.82, 2.24) is 9.97 Å². The first-order chi connectivity index (χ1) is 8.65. The van der Waals surface area contributed by atoms with Crippen molar-refractivity contribution >= 4 is 22.7 Å². The number of anilines is 1. The molecule has 0 radical (unpaired) electrons. The first-order valence-electron chi connectivity index (χ1n) is 5.75. The second-order valence-corrected chi connectivity index (χ2v) is 4.00. The molecule has 6 heteroatoms. The van der Waals surface area contributed by atoms with Crippen LogP contribution >= 0.6 is 0 Å². The van der Waals surface area contributed by atoms with Gasteiger partial charge in [0.05, 0.1) is 10.9 Å². The van der Waals surface area contributed by atoms with Gasteiger partial charge in [0.1, 0.15) is 17.9 Å². The molecule has 0 saturated carbocycles. The fourth-order valence-electron chi connectivity index (χ4n) is 1.89. The highest BCUT2D eigenvalue weighted by molar-refractivity contribution is 6.09. The van der Waals surface area contributed by atoms with Crippen LogP contribution in [0.1, 0.15) is 29.5 Å². The third kappa shape index (κ3) is 2.19. The number of fused-ring (bicyclic) bond motifs is 1. The Morgan fingerprint density at radius 1 is 1.50 bits per heavy atom. The van der Waals surface area contributed by atoms with E-state index in [0.717, 1.165) is 0 Å². The fourth-order valence-corrected chi connectivity index (χ4v) is 1.89. The highest BCUT2D eigenvalue weighted by atomic mass is 16.3. The smallest absolute Gasteiger partial charge is 0.232 e. The minimum Gasteiger partial charge on any atom is -0.442 e. The van der Waals surface area contributed by atoms with Crippen LogP contribution in [0.3, 0.4) is 0 Å². The maximum Gasteiger partial charge on any atom is 0.232 e. The van der Waals surface area contributed by atoms with Gasteiger partial charge in [0.2, 0.25) is 5.71 Å². The number of aromatic nitrogens is 2. The van der Waals surface area contributed by atoms with Crippen LogP contribution in [-0.2, 0) is 0 Å². The normalized spacial score (nSPS) is 10.8. The molecule has 2 aromatic rings. The lowest BCUT2D eigenvalue weighted by molar-refractivity contribution is 0.101. The zero-order valence-corrected chi connectivity index (χ0v) is 10.4. The van der Waals surface area contributed by atoms with Gasteiger partial charge in [-0.2, -0.15) is 0 Å². The average Bonchev–Trinajstić information content (AvgIpc) is 2.66. The number of aliphatic hydroxyl groups is 1. The van der Waals surface area contributed by atoms with Gasteiger partial charge >= 0.3 is 0 Å². The number of carbonyl (C=O) groups excluding carboxylic acids is 1. The summed E-state index contributed by atoms with van der Waals surface area (Å²) in [6.45, 7) is 3.90. The molecular formula is C12H15N3O3. The number of nitrogens with zero attached hydrogens (tertiary/aromatic N) is 2. The predicted octanol–water partition coefficient (Wildman–Crippen LogP) is 1.53.